The van der Waals surface area contributed by atoms with Crippen molar-refractivity contribution in [3.8, 4) is 0 Å². The van der Waals surface area contributed by atoms with Gasteiger partial charge < -0.3 is 10.0 Å². The lowest BCUT2D eigenvalue weighted by Gasteiger charge is -2.22. The maximum atomic E-state index is 11.1. The summed E-state index contributed by atoms with van der Waals surface area (Å²) < 4.78 is 0. The summed E-state index contributed by atoms with van der Waals surface area (Å²) in [5.41, 5.74) is 0.0957. The van der Waals surface area contributed by atoms with E-state index in [0.717, 1.165) is 13.1 Å². The molecular weight excluding hydrogens is 252 g/mol. The number of rotatable bonds is 6. The van der Waals surface area contributed by atoms with Crippen LogP contribution >= 0.6 is 11.3 Å². The summed E-state index contributed by atoms with van der Waals surface area (Å²) >= 11 is 1.30. The van der Waals surface area contributed by atoms with E-state index in [0.29, 0.717) is 15.8 Å². The molecule has 18 heavy (non-hydrogen) atoms. The first kappa shape index (κ1) is 14.9. The summed E-state index contributed by atoms with van der Waals surface area (Å²) in [6.45, 7) is 9.26. The van der Waals surface area contributed by atoms with E-state index >= 15 is 0 Å². The maximum Gasteiger partial charge on any atom is 0.304 e. The van der Waals surface area contributed by atoms with Crippen LogP contribution in [0.4, 0.5) is 10.7 Å². The quantitative estimate of drug-likeness (QED) is 0.638. The highest BCUT2D eigenvalue weighted by atomic mass is 32.1. The second kappa shape index (κ2) is 6.15. The Morgan fingerprint density at radius 1 is 1.50 bits per heavy atom. The van der Waals surface area contributed by atoms with Gasteiger partial charge in [-0.15, -0.1) is 11.3 Å². The normalized spacial score (nSPS) is 12.8. The zero-order valence-electron chi connectivity index (χ0n) is 11.2. The molecule has 0 bridgehead atoms. The SMILES string of the molecule is CCN(CC(C)C)c1sc([C@H](C)O)cc1[N+](=O)[O-]. The first-order valence-electron chi connectivity index (χ1n) is 6.07. The molecule has 1 rings (SSSR count). The zero-order valence-corrected chi connectivity index (χ0v) is 12.0. The second-order valence-corrected chi connectivity index (χ2v) is 5.77. The van der Waals surface area contributed by atoms with E-state index in [1.165, 1.54) is 17.4 Å². The molecule has 1 heterocycles. The first-order chi connectivity index (χ1) is 8.36. The van der Waals surface area contributed by atoms with E-state index in [2.05, 4.69) is 13.8 Å². The molecule has 0 aromatic carbocycles. The highest BCUT2D eigenvalue weighted by molar-refractivity contribution is 7.16. The zero-order chi connectivity index (χ0) is 13.9. The van der Waals surface area contributed by atoms with Crippen molar-refractivity contribution in [1.29, 1.82) is 0 Å². The van der Waals surface area contributed by atoms with Crippen molar-refractivity contribution in [2.75, 3.05) is 18.0 Å². The number of nitro groups is 1. The molecule has 1 N–H and O–H groups in total. The van der Waals surface area contributed by atoms with Crippen molar-refractivity contribution in [3.63, 3.8) is 0 Å². The van der Waals surface area contributed by atoms with Crippen LogP contribution in [0.1, 0.15) is 38.7 Å². The molecular formula is C12H20N2O3S. The molecule has 5 nitrogen and oxygen atoms in total. The Balaban J connectivity index is 3.14. The topological polar surface area (TPSA) is 66.6 Å². The molecule has 1 aromatic rings. The average molecular weight is 272 g/mol. The predicted octanol–water partition coefficient (Wildman–Crippen LogP) is 3.19. The van der Waals surface area contributed by atoms with E-state index in [1.54, 1.807) is 6.92 Å². The molecule has 6 heteroatoms. The van der Waals surface area contributed by atoms with Crippen molar-refractivity contribution in [1.82, 2.24) is 0 Å². The highest BCUT2D eigenvalue weighted by Gasteiger charge is 2.25. The van der Waals surface area contributed by atoms with Crippen molar-refractivity contribution in [3.05, 3.63) is 21.1 Å². The summed E-state index contributed by atoms with van der Waals surface area (Å²) in [6.07, 6.45) is -0.666. The Kier molecular flexibility index (Phi) is 5.10. The van der Waals surface area contributed by atoms with Crippen molar-refractivity contribution in [2.24, 2.45) is 5.92 Å². The molecule has 0 fully saturated rings. The number of nitrogens with zero attached hydrogens (tertiary/aromatic N) is 2. The fraction of sp³-hybridized carbons (Fsp3) is 0.667. The molecule has 0 saturated carbocycles. The molecule has 0 amide bonds. The molecule has 0 radical (unpaired) electrons. The van der Waals surface area contributed by atoms with Gasteiger partial charge in [-0.3, -0.25) is 10.1 Å². The van der Waals surface area contributed by atoms with Gasteiger partial charge in [0.1, 0.15) is 0 Å². The van der Waals surface area contributed by atoms with Crippen LogP contribution in [-0.2, 0) is 0 Å². The third kappa shape index (κ3) is 3.43. The first-order valence-corrected chi connectivity index (χ1v) is 6.89. The van der Waals surface area contributed by atoms with E-state index in [4.69, 9.17) is 0 Å². The maximum absolute atomic E-state index is 11.1. The third-order valence-corrected chi connectivity index (χ3v) is 3.93. The van der Waals surface area contributed by atoms with Gasteiger partial charge in [0.15, 0.2) is 5.00 Å². The molecule has 102 valence electrons. The Hall–Kier alpha value is -1.14. The number of hydrogen-bond acceptors (Lipinski definition) is 5. The Labute approximate surface area is 111 Å². The van der Waals surface area contributed by atoms with Gasteiger partial charge >= 0.3 is 5.69 Å². The van der Waals surface area contributed by atoms with E-state index < -0.39 is 6.10 Å². The monoisotopic (exact) mass is 272 g/mol. The third-order valence-electron chi connectivity index (χ3n) is 2.58. The summed E-state index contributed by atoms with van der Waals surface area (Å²) in [5.74, 6) is 0.432. The van der Waals surface area contributed by atoms with Crippen LogP contribution in [0, 0.1) is 16.0 Å². The van der Waals surface area contributed by atoms with Gasteiger partial charge in [-0.25, -0.2) is 0 Å². The van der Waals surface area contributed by atoms with Crippen LogP contribution in [0.2, 0.25) is 0 Å². The number of aliphatic hydroxyl groups is 1. The minimum atomic E-state index is -0.666. The van der Waals surface area contributed by atoms with E-state index in [-0.39, 0.29) is 10.6 Å². The van der Waals surface area contributed by atoms with Crippen LogP contribution in [-0.4, -0.2) is 23.1 Å². The molecule has 0 aliphatic carbocycles. The van der Waals surface area contributed by atoms with E-state index in [1.807, 2.05) is 11.8 Å². The standard InChI is InChI=1S/C12H20N2O3S/c1-5-13(7-8(2)3)12-10(14(16)17)6-11(18-12)9(4)15/h6,8-9,15H,5,7H2,1-4H3/t9-/m0/s1. The van der Waals surface area contributed by atoms with Gasteiger partial charge in [-0.2, -0.15) is 0 Å². The molecule has 0 unspecified atom stereocenters. The fourth-order valence-electron chi connectivity index (χ4n) is 1.75. The van der Waals surface area contributed by atoms with Crippen LogP contribution in [0.15, 0.2) is 6.07 Å². The molecule has 0 aliphatic heterocycles. The number of hydrogen-bond donors (Lipinski definition) is 1. The molecule has 1 atom stereocenters. The summed E-state index contributed by atoms with van der Waals surface area (Å²) in [7, 11) is 0. The summed E-state index contributed by atoms with van der Waals surface area (Å²) in [5, 5.41) is 21.3. The second-order valence-electron chi connectivity index (χ2n) is 4.70. The number of anilines is 1. The molecule has 0 spiro atoms. The van der Waals surface area contributed by atoms with E-state index in [9.17, 15) is 15.2 Å². The van der Waals surface area contributed by atoms with Crippen LogP contribution in [0.25, 0.3) is 0 Å². The Morgan fingerprint density at radius 3 is 2.50 bits per heavy atom. The average Bonchev–Trinajstić information content (AvgIpc) is 2.70. The minimum Gasteiger partial charge on any atom is -0.388 e. The van der Waals surface area contributed by atoms with Gasteiger partial charge in [-0.05, 0) is 19.8 Å². The van der Waals surface area contributed by atoms with Crippen molar-refractivity contribution < 1.29 is 10.0 Å². The Morgan fingerprint density at radius 2 is 2.11 bits per heavy atom. The molecule has 0 aliphatic rings. The highest BCUT2D eigenvalue weighted by Crippen LogP contribution is 2.40. The smallest absolute Gasteiger partial charge is 0.304 e. The van der Waals surface area contributed by atoms with Crippen LogP contribution in [0.5, 0.6) is 0 Å². The van der Waals surface area contributed by atoms with Gasteiger partial charge in [0, 0.05) is 24.0 Å². The molecule has 1 aromatic heterocycles. The largest absolute Gasteiger partial charge is 0.388 e. The van der Waals surface area contributed by atoms with Gasteiger partial charge in [0.25, 0.3) is 0 Å². The molecule has 0 saturated heterocycles. The van der Waals surface area contributed by atoms with Gasteiger partial charge in [0.05, 0.1) is 11.0 Å². The lowest BCUT2D eigenvalue weighted by atomic mass is 10.2. The lowest BCUT2D eigenvalue weighted by Crippen LogP contribution is -2.26. The van der Waals surface area contributed by atoms with Crippen molar-refractivity contribution in [2.45, 2.75) is 33.8 Å². The fourth-order valence-corrected chi connectivity index (χ4v) is 2.88. The van der Waals surface area contributed by atoms with Gasteiger partial charge in [-0.1, -0.05) is 13.8 Å². The number of aliphatic hydroxyl groups excluding tert-OH is 1. The summed E-state index contributed by atoms with van der Waals surface area (Å²) in [4.78, 5) is 13.3. The van der Waals surface area contributed by atoms with Gasteiger partial charge in [0.2, 0.25) is 0 Å². The number of thiophene rings is 1. The minimum absolute atomic E-state index is 0.0957. The van der Waals surface area contributed by atoms with Crippen LogP contribution in [0.3, 0.4) is 0 Å². The Bertz CT molecular complexity index is 415. The van der Waals surface area contributed by atoms with Crippen LogP contribution < -0.4 is 4.90 Å². The van der Waals surface area contributed by atoms with Crippen molar-refractivity contribution >= 4 is 22.0 Å². The summed E-state index contributed by atoms with van der Waals surface area (Å²) in [6, 6.07) is 1.48. The lowest BCUT2D eigenvalue weighted by molar-refractivity contribution is -0.383. The predicted molar refractivity (Wildman–Crippen MR) is 74.3 cm³/mol.